The number of amides is 1. The topological polar surface area (TPSA) is 68.0 Å². The molecule has 5 heteroatoms. The fourth-order valence-corrected chi connectivity index (χ4v) is 3.96. The molecule has 4 rings (SSSR count). The molecule has 2 aromatic heterocycles. The van der Waals surface area contributed by atoms with E-state index in [0.717, 1.165) is 29.0 Å². The van der Waals surface area contributed by atoms with Gasteiger partial charge in [-0.3, -0.25) is 9.78 Å². The van der Waals surface area contributed by atoms with Gasteiger partial charge < -0.3 is 11.1 Å². The van der Waals surface area contributed by atoms with E-state index in [1.165, 1.54) is 22.5 Å². The van der Waals surface area contributed by atoms with Gasteiger partial charge in [0.05, 0.1) is 4.88 Å². The van der Waals surface area contributed by atoms with Crippen LogP contribution in [0, 0.1) is 0 Å². The van der Waals surface area contributed by atoms with Crippen LogP contribution in [0.2, 0.25) is 0 Å². The van der Waals surface area contributed by atoms with Gasteiger partial charge in [0.2, 0.25) is 0 Å². The molecule has 4 nitrogen and oxygen atoms in total. The summed E-state index contributed by atoms with van der Waals surface area (Å²) in [6.07, 6.45) is 5.31. The summed E-state index contributed by atoms with van der Waals surface area (Å²) >= 11 is 1.48. The number of anilines is 1. The van der Waals surface area contributed by atoms with Crippen LogP contribution in [-0.4, -0.2) is 16.9 Å². The Labute approximate surface area is 144 Å². The lowest BCUT2D eigenvalue weighted by atomic mass is 10.1. The first-order valence-corrected chi connectivity index (χ1v) is 8.69. The van der Waals surface area contributed by atoms with E-state index < -0.39 is 0 Å². The third-order valence-electron chi connectivity index (χ3n) is 4.22. The Morgan fingerprint density at radius 2 is 1.88 bits per heavy atom. The predicted molar refractivity (Wildman–Crippen MR) is 97.3 cm³/mol. The summed E-state index contributed by atoms with van der Waals surface area (Å²) in [7, 11) is 0. The van der Waals surface area contributed by atoms with Crippen LogP contribution in [-0.2, 0) is 12.8 Å². The zero-order chi connectivity index (χ0) is 16.5. The second-order valence-electron chi connectivity index (χ2n) is 6.01. The van der Waals surface area contributed by atoms with Gasteiger partial charge in [-0.15, -0.1) is 11.3 Å². The minimum atomic E-state index is -0.0810. The highest BCUT2D eigenvalue weighted by atomic mass is 32.1. The Kier molecular flexibility index (Phi) is 3.88. The quantitative estimate of drug-likeness (QED) is 0.770. The maximum Gasteiger partial charge on any atom is 0.265 e. The summed E-state index contributed by atoms with van der Waals surface area (Å²) in [5, 5.41) is 2.99. The summed E-state index contributed by atoms with van der Waals surface area (Å²) in [6.45, 7) is 0. The smallest absolute Gasteiger partial charge is 0.265 e. The molecule has 1 aromatic carbocycles. The van der Waals surface area contributed by atoms with Crippen molar-refractivity contribution < 1.29 is 4.79 Å². The van der Waals surface area contributed by atoms with Crippen LogP contribution < -0.4 is 11.1 Å². The number of benzene rings is 1. The molecule has 0 fully saturated rings. The number of carbonyl (C=O) groups excluding carboxylic acids is 1. The zero-order valence-electron chi connectivity index (χ0n) is 13.0. The minimum absolute atomic E-state index is 0.0810. The summed E-state index contributed by atoms with van der Waals surface area (Å²) in [6, 6.07) is 14.0. The van der Waals surface area contributed by atoms with Crippen molar-refractivity contribution in [2.45, 2.75) is 18.9 Å². The van der Waals surface area contributed by atoms with Crippen LogP contribution in [0.25, 0.3) is 10.4 Å². The normalized spacial score (nSPS) is 16.0. The first-order chi connectivity index (χ1) is 11.7. The fourth-order valence-electron chi connectivity index (χ4n) is 3.05. The van der Waals surface area contributed by atoms with Crippen molar-refractivity contribution in [2.75, 3.05) is 5.32 Å². The van der Waals surface area contributed by atoms with E-state index in [9.17, 15) is 4.79 Å². The first-order valence-electron chi connectivity index (χ1n) is 7.88. The SMILES string of the molecule is NC1Cc2ccc(NC(=O)c3ccc(-c4ccncc4)s3)cc2C1. The van der Waals surface area contributed by atoms with Gasteiger partial charge in [0, 0.05) is 29.0 Å². The van der Waals surface area contributed by atoms with Crippen molar-refractivity contribution in [3.63, 3.8) is 0 Å². The predicted octanol–water partition coefficient (Wildman–Crippen LogP) is 3.49. The molecule has 3 aromatic rings. The Bertz CT molecular complexity index is 889. The number of nitrogens with zero attached hydrogens (tertiary/aromatic N) is 1. The number of nitrogens with two attached hydrogens (primary N) is 1. The highest BCUT2D eigenvalue weighted by Gasteiger charge is 2.19. The Morgan fingerprint density at radius 3 is 2.71 bits per heavy atom. The van der Waals surface area contributed by atoms with E-state index in [0.29, 0.717) is 4.88 Å². The molecule has 0 bridgehead atoms. The van der Waals surface area contributed by atoms with Crippen LogP contribution in [0.1, 0.15) is 20.8 Å². The number of thiophene rings is 1. The lowest BCUT2D eigenvalue weighted by Crippen LogP contribution is -2.19. The summed E-state index contributed by atoms with van der Waals surface area (Å²) in [5.74, 6) is -0.0810. The summed E-state index contributed by atoms with van der Waals surface area (Å²) in [5.41, 5.74) is 10.4. The molecule has 3 N–H and O–H groups in total. The van der Waals surface area contributed by atoms with Crippen LogP contribution >= 0.6 is 11.3 Å². The number of nitrogens with one attached hydrogen (secondary N) is 1. The second kappa shape index (κ2) is 6.19. The Hall–Kier alpha value is -2.50. The highest BCUT2D eigenvalue weighted by Crippen LogP contribution is 2.29. The molecule has 24 heavy (non-hydrogen) atoms. The standard InChI is InChI=1S/C19H17N3OS/c20-15-9-13-1-2-16(11-14(13)10-15)22-19(23)18-4-3-17(24-18)12-5-7-21-8-6-12/h1-8,11,15H,9-10,20H2,(H,22,23). The van der Waals surface area contributed by atoms with Gasteiger partial charge in [0.1, 0.15) is 0 Å². The summed E-state index contributed by atoms with van der Waals surface area (Å²) in [4.78, 5) is 18.3. The number of rotatable bonds is 3. The first kappa shape index (κ1) is 15.1. The molecule has 120 valence electrons. The van der Waals surface area contributed by atoms with Crippen molar-refractivity contribution >= 4 is 22.9 Å². The average Bonchev–Trinajstić information content (AvgIpc) is 3.21. The summed E-state index contributed by atoms with van der Waals surface area (Å²) < 4.78 is 0. The van der Waals surface area contributed by atoms with E-state index in [-0.39, 0.29) is 11.9 Å². The van der Waals surface area contributed by atoms with Crippen LogP contribution in [0.5, 0.6) is 0 Å². The van der Waals surface area contributed by atoms with Gasteiger partial charge in [0.15, 0.2) is 0 Å². The second-order valence-corrected chi connectivity index (χ2v) is 7.09. The van der Waals surface area contributed by atoms with Crippen molar-refractivity contribution in [2.24, 2.45) is 5.73 Å². The molecular formula is C19H17N3OS. The largest absolute Gasteiger partial charge is 0.327 e. The molecule has 0 spiro atoms. The van der Waals surface area contributed by atoms with E-state index >= 15 is 0 Å². The molecule has 0 saturated carbocycles. The number of aromatic nitrogens is 1. The molecule has 0 saturated heterocycles. The van der Waals surface area contributed by atoms with Crippen molar-refractivity contribution in [3.8, 4) is 10.4 Å². The van der Waals surface area contributed by atoms with E-state index in [1.807, 2.05) is 36.4 Å². The van der Waals surface area contributed by atoms with Crippen LogP contribution in [0.4, 0.5) is 5.69 Å². The van der Waals surface area contributed by atoms with Gasteiger partial charge >= 0.3 is 0 Å². The number of hydrogen-bond acceptors (Lipinski definition) is 4. The maximum atomic E-state index is 12.5. The van der Waals surface area contributed by atoms with Crippen molar-refractivity contribution in [1.29, 1.82) is 0 Å². The molecule has 2 heterocycles. The van der Waals surface area contributed by atoms with Crippen molar-refractivity contribution in [3.05, 3.63) is 70.9 Å². The average molecular weight is 335 g/mol. The van der Waals surface area contributed by atoms with Gasteiger partial charge in [-0.05, 0) is 65.9 Å². The Morgan fingerprint density at radius 1 is 1.08 bits per heavy atom. The number of fused-ring (bicyclic) bond motifs is 1. The molecule has 0 aliphatic heterocycles. The molecular weight excluding hydrogens is 318 g/mol. The molecule has 1 amide bonds. The number of carbonyl (C=O) groups is 1. The molecule has 0 radical (unpaired) electrons. The lowest BCUT2D eigenvalue weighted by Gasteiger charge is -2.06. The number of pyridine rings is 1. The van der Waals surface area contributed by atoms with E-state index in [4.69, 9.17) is 5.73 Å². The van der Waals surface area contributed by atoms with Gasteiger partial charge in [0.25, 0.3) is 5.91 Å². The lowest BCUT2D eigenvalue weighted by molar-refractivity contribution is 0.103. The Balaban J connectivity index is 1.51. The third-order valence-corrected chi connectivity index (χ3v) is 5.36. The monoisotopic (exact) mass is 335 g/mol. The van der Waals surface area contributed by atoms with Gasteiger partial charge in [-0.25, -0.2) is 0 Å². The molecule has 1 unspecified atom stereocenters. The van der Waals surface area contributed by atoms with Crippen LogP contribution in [0.15, 0.2) is 54.9 Å². The molecule has 1 aliphatic rings. The van der Waals surface area contributed by atoms with Crippen LogP contribution in [0.3, 0.4) is 0 Å². The fraction of sp³-hybridized carbons (Fsp3) is 0.158. The van der Waals surface area contributed by atoms with Gasteiger partial charge in [-0.2, -0.15) is 0 Å². The highest BCUT2D eigenvalue weighted by molar-refractivity contribution is 7.17. The number of hydrogen-bond donors (Lipinski definition) is 2. The van der Waals surface area contributed by atoms with E-state index in [2.05, 4.69) is 16.4 Å². The van der Waals surface area contributed by atoms with E-state index in [1.54, 1.807) is 12.4 Å². The molecule has 1 atom stereocenters. The maximum absolute atomic E-state index is 12.5. The molecule has 1 aliphatic carbocycles. The van der Waals surface area contributed by atoms with Gasteiger partial charge in [-0.1, -0.05) is 6.07 Å². The zero-order valence-corrected chi connectivity index (χ0v) is 13.8. The third kappa shape index (κ3) is 2.96. The minimum Gasteiger partial charge on any atom is -0.327 e. The van der Waals surface area contributed by atoms with Crippen molar-refractivity contribution in [1.82, 2.24) is 4.98 Å².